The quantitative estimate of drug-likeness (QED) is 0.884. The zero-order valence-corrected chi connectivity index (χ0v) is 11.5. The van der Waals surface area contributed by atoms with E-state index in [1.165, 1.54) is 10.5 Å². The molecule has 0 amide bonds. The van der Waals surface area contributed by atoms with Crippen LogP contribution in [0.1, 0.15) is 25.6 Å². The molecule has 2 heterocycles. The third-order valence-electron chi connectivity index (χ3n) is 3.10. The predicted molar refractivity (Wildman–Crippen MR) is 66.7 cm³/mol. The van der Waals surface area contributed by atoms with E-state index in [0.29, 0.717) is 25.5 Å². The molecule has 0 aromatic carbocycles. The molecule has 7 heteroatoms. The molecule has 1 N–H and O–H groups in total. The van der Waals surface area contributed by atoms with Crippen molar-refractivity contribution < 1.29 is 13.2 Å². The molecule has 1 aliphatic rings. The third-order valence-corrected chi connectivity index (χ3v) is 4.91. The molecule has 2 rings (SSSR count). The van der Waals surface area contributed by atoms with Crippen molar-refractivity contribution in [1.29, 1.82) is 0 Å². The van der Waals surface area contributed by atoms with Crippen molar-refractivity contribution in [2.75, 3.05) is 19.7 Å². The second-order valence-electron chi connectivity index (χ2n) is 4.39. The smallest absolute Gasteiger partial charge is 0.260 e. The number of H-pyrrole nitrogens is 1. The molecule has 1 fully saturated rings. The summed E-state index contributed by atoms with van der Waals surface area (Å²) in [6, 6.07) is 0. The molecule has 1 aromatic heterocycles. The van der Waals surface area contributed by atoms with Crippen LogP contribution in [0.4, 0.5) is 0 Å². The van der Waals surface area contributed by atoms with Gasteiger partial charge in [-0.1, -0.05) is 0 Å². The van der Waals surface area contributed by atoms with E-state index < -0.39 is 10.0 Å². The number of sulfonamides is 1. The summed E-state index contributed by atoms with van der Waals surface area (Å²) in [5.41, 5.74) is 0. The fraction of sp³-hybridized carbons (Fsp3) is 0.727. The first-order chi connectivity index (χ1) is 8.54. The van der Waals surface area contributed by atoms with Crippen LogP contribution < -0.4 is 0 Å². The monoisotopic (exact) mass is 273 g/mol. The molecular formula is C11H19N3O3S. The van der Waals surface area contributed by atoms with Crippen molar-refractivity contribution in [3.05, 3.63) is 12.0 Å². The van der Waals surface area contributed by atoms with Crippen molar-refractivity contribution in [1.82, 2.24) is 14.3 Å². The standard InChI is InChI=1S/C11H19N3O3S/c1-3-17-10-4-6-14(7-5-10)18(15,16)11-8-12-9(2)13-11/h8,10H,3-7H2,1-2H3,(H,12,13). The number of aryl methyl sites for hydroxylation is 1. The Bertz CT molecular complexity index is 489. The summed E-state index contributed by atoms with van der Waals surface area (Å²) in [5.74, 6) is 0.609. The Morgan fingerprint density at radius 1 is 1.50 bits per heavy atom. The summed E-state index contributed by atoms with van der Waals surface area (Å²) in [6.45, 7) is 5.38. The topological polar surface area (TPSA) is 75.3 Å². The molecule has 18 heavy (non-hydrogen) atoms. The molecule has 0 radical (unpaired) electrons. The second-order valence-corrected chi connectivity index (χ2v) is 6.30. The number of piperidine rings is 1. The Morgan fingerprint density at radius 2 is 2.17 bits per heavy atom. The van der Waals surface area contributed by atoms with Crippen LogP contribution in [0.3, 0.4) is 0 Å². The van der Waals surface area contributed by atoms with Crippen molar-refractivity contribution in [3.63, 3.8) is 0 Å². The van der Waals surface area contributed by atoms with Crippen LogP contribution in [-0.2, 0) is 14.8 Å². The lowest BCUT2D eigenvalue weighted by atomic mass is 10.1. The number of hydrogen-bond donors (Lipinski definition) is 1. The highest BCUT2D eigenvalue weighted by Crippen LogP contribution is 2.20. The van der Waals surface area contributed by atoms with Crippen LogP contribution in [0.2, 0.25) is 0 Å². The van der Waals surface area contributed by atoms with Crippen LogP contribution in [0, 0.1) is 6.92 Å². The van der Waals surface area contributed by atoms with Gasteiger partial charge >= 0.3 is 0 Å². The van der Waals surface area contributed by atoms with Crippen LogP contribution in [-0.4, -0.2) is 48.5 Å². The summed E-state index contributed by atoms with van der Waals surface area (Å²) in [4.78, 5) is 6.71. The van der Waals surface area contributed by atoms with Gasteiger partial charge in [-0.05, 0) is 26.7 Å². The van der Waals surface area contributed by atoms with E-state index in [2.05, 4.69) is 9.97 Å². The van der Waals surface area contributed by atoms with Crippen molar-refractivity contribution in [2.24, 2.45) is 0 Å². The fourth-order valence-corrected chi connectivity index (χ4v) is 3.58. The van der Waals surface area contributed by atoms with Gasteiger partial charge in [-0.2, -0.15) is 4.31 Å². The maximum atomic E-state index is 12.3. The Balaban J connectivity index is 2.05. The zero-order valence-electron chi connectivity index (χ0n) is 10.7. The Labute approximate surface area is 107 Å². The molecule has 1 saturated heterocycles. The lowest BCUT2D eigenvalue weighted by Crippen LogP contribution is -2.40. The Morgan fingerprint density at radius 3 is 2.67 bits per heavy atom. The van der Waals surface area contributed by atoms with Crippen LogP contribution in [0.15, 0.2) is 11.2 Å². The number of hydrogen-bond acceptors (Lipinski definition) is 4. The lowest BCUT2D eigenvalue weighted by molar-refractivity contribution is 0.0290. The molecule has 0 saturated carbocycles. The van der Waals surface area contributed by atoms with Gasteiger partial charge < -0.3 is 9.72 Å². The van der Waals surface area contributed by atoms with E-state index in [0.717, 1.165) is 12.8 Å². The van der Waals surface area contributed by atoms with Gasteiger partial charge in [-0.3, -0.25) is 0 Å². The van der Waals surface area contributed by atoms with E-state index in [4.69, 9.17) is 4.74 Å². The van der Waals surface area contributed by atoms with Gasteiger partial charge in [0.2, 0.25) is 0 Å². The number of rotatable bonds is 4. The van der Waals surface area contributed by atoms with Gasteiger partial charge in [-0.25, -0.2) is 13.4 Å². The highest BCUT2D eigenvalue weighted by atomic mass is 32.2. The number of imidazole rings is 1. The van der Waals surface area contributed by atoms with Crippen molar-refractivity contribution in [2.45, 2.75) is 37.8 Å². The van der Waals surface area contributed by atoms with Gasteiger partial charge in [0.05, 0.1) is 12.3 Å². The summed E-state index contributed by atoms with van der Waals surface area (Å²) in [5, 5.41) is 0.176. The molecule has 0 bridgehead atoms. The number of aromatic amines is 1. The van der Waals surface area contributed by atoms with E-state index >= 15 is 0 Å². The number of nitrogens with one attached hydrogen (secondary N) is 1. The molecule has 0 unspecified atom stereocenters. The van der Waals surface area contributed by atoms with Gasteiger partial charge in [0.25, 0.3) is 10.0 Å². The van der Waals surface area contributed by atoms with Crippen LogP contribution >= 0.6 is 0 Å². The Kier molecular flexibility index (Phi) is 4.04. The highest BCUT2D eigenvalue weighted by Gasteiger charge is 2.30. The summed E-state index contributed by atoms with van der Waals surface area (Å²) < 4.78 is 31.6. The second kappa shape index (κ2) is 5.38. The molecule has 1 aromatic rings. The van der Waals surface area contributed by atoms with Crippen molar-refractivity contribution in [3.8, 4) is 0 Å². The maximum absolute atomic E-state index is 12.3. The lowest BCUT2D eigenvalue weighted by Gasteiger charge is -2.30. The van der Waals surface area contributed by atoms with Gasteiger partial charge in [0.15, 0.2) is 5.03 Å². The predicted octanol–water partition coefficient (Wildman–Crippen LogP) is 0.908. The summed E-state index contributed by atoms with van der Waals surface area (Å²) in [6.07, 6.45) is 3.06. The molecular weight excluding hydrogens is 254 g/mol. The molecule has 6 nitrogen and oxygen atoms in total. The molecule has 1 aliphatic heterocycles. The van der Waals surface area contributed by atoms with E-state index in [1.54, 1.807) is 6.92 Å². The van der Waals surface area contributed by atoms with Gasteiger partial charge in [0.1, 0.15) is 5.82 Å². The summed E-state index contributed by atoms with van der Waals surface area (Å²) >= 11 is 0. The van der Waals surface area contributed by atoms with Crippen LogP contribution in [0.5, 0.6) is 0 Å². The van der Waals surface area contributed by atoms with E-state index in [1.807, 2.05) is 6.92 Å². The minimum Gasteiger partial charge on any atom is -0.378 e. The average Bonchev–Trinajstić information content (AvgIpc) is 2.78. The molecule has 0 spiro atoms. The highest BCUT2D eigenvalue weighted by molar-refractivity contribution is 7.89. The molecule has 102 valence electrons. The van der Waals surface area contributed by atoms with Gasteiger partial charge in [0, 0.05) is 19.7 Å². The number of ether oxygens (including phenoxy) is 1. The minimum absolute atomic E-state index is 0.176. The minimum atomic E-state index is -3.42. The van der Waals surface area contributed by atoms with E-state index in [9.17, 15) is 8.42 Å². The normalized spacial score (nSPS) is 19.2. The fourth-order valence-electron chi connectivity index (χ4n) is 2.14. The SMILES string of the molecule is CCOC1CCN(S(=O)(=O)c2cnc(C)[nH]2)CC1. The first kappa shape index (κ1) is 13.5. The summed E-state index contributed by atoms with van der Waals surface area (Å²) in [7, 11) is -3.42. The first-order valence-electron chi connectivity index (χ1n) is 6.17. The Hall–Kier alpha value is -0.920. The third kappa shape index (κ3) is 2.73. The van der Waals surface area contributed by atoms with Crippen LogP contribution in [0.25, 0.3) is 0 Å². The molecule has 0 aliphatic carbocycles. The number of aromatic nitrogens is 2. The first-order valence-corrected chi connectivity index (χ1v) is 7.61. The van der Waals surface area contributed by atoms with Gasteiger partial charge in [-0.15, -0.1) is 0 Å². The number of nitrogens with zero attached hydrogens (tertiary/aromatic N) is 2. The maximum Gasteiger partial charge on any atom is 0.260 e. The van der Waals surface area contributed by atoms with E-state index in [-0.39, 0.29) is 11.1 Å². The van der Waals surface area contributed by atoms with Crippen molar-refractivity contribution >= 4 is 10.0 Å². The zero-order chi connectivity index (χ0) is 13.2. The molecule has 0 atom stereocenters. The largest absolute Gasteiger partial charge is 0.378 e. The average molecular weight is 273 g/mol.